The Hall–Kier alpha value is -7.02. The third-order valence-electron chi connectivity index (χ3n) is 12.6. The molecule has 0 aromatic heterocycles. The minimum absolute atomic E-state index is 0.0209. The highest BCUT2D eigenvalue weighted by molar-refractivity contribution is 6.23. The van der Waals surface area contributed by atoms with Gasteiger partial charge in [0.1, 0.15) is 11.5 Å². The van der Waals surface area contributed by atoms with Crippen LogP contribution in [0.25, 0.3) is 77.2 Å². The van der Waals surface area contributed by atoms with Gasteiger partial charge in [-0.3, -0.25) is 0 Å². The van der Waals surface area contributed by atoms with Crippen molar-refractivity contribution in [2.75, 3.05) is 0 Å². The topological polar surface area (TPSA) is 0 Å². The smallest absolute Gasteiger partial charge is 0.0622 e. The van der Waals surface area contributed by atoms with Crippen LogP contribution in [0.5, 0.6) is 0 Å². The first-order chi connectivity index (χ1) is 27.9. The molecule has 2 atom stereocenters. The lowest BCUT2D eigenvalue weighted by Gasteiger charge is -2.29. The van der Waals surface area contributed by atoms with Crippen molar-refractivity contribution < 1.29 is 0 Å². The standard InChI is InChI=1S/C56H36/c1-5-19-35(20-6-1)37-31-17-33-43-39-23-13-15-29-41(39)51-45-25-9-3-11-27-47(45)53(55(51)49(37)43)54-48-28-12-4-10-26-46(48)52-42-30-16-14-24-40(42)44-34-18-32-38(50(44)56(52)54)36-21-7-2-8-22-36/h1-34,51,54H/q+2. The van der Waals surface area contributed by atoms with Gasteiger partial charge in [-0.15, -0.1) is 0 Å². The fourth-order valence-corrected chi connectivity index (χ4v) is 10.6. The summed E-state index contributed by atoms with van der Waals surface area (Å²) in [5.41, 5.74) is 21.5. The second kappa shape index (κ2) is 12.2. The molecule has 0 aliphatic heterocycles. The van der Waals surface area contributed by atoms with Gasteiger partial charge in [0.05, 0.1) is 44.7 Å². The first kappa shape index (κ1) is 31.3. The Kier molecular flexibility index (Phi) is 6.86. The molecule has 9 aromatic rings. The monoisotopic (exact) mass is 708 g/mol. The van der Waals surface area contributed by atoms with Gasteiger partial charge in [-0.25, -0.2) is 0 Å². The molecule has 0 fully saturated rings. The first-order valence-corrected chi connectivity index (χ1v) is 19.8. The predicted molar refractivity (Wildman–Crippen MR) is 235 cm³/mol. The van der Waals surface area contributed by atoms with Crippen LogP contribution in [-0.4, -0.2) is 0 Å². The van der Waals surface area contributed by atoms with E-state index < -0.39 is 0 Å². The molecule has 2 unspecified atom stereocenters. The van der Waals surface area contributed by atoms with E-state index >= 15 is 0 Å². The molecule has 9 aromatic carbocycles. The first-order valence-electron chi connectivity index (χ1n) is 19.8. The Labute approximate surface area is 327 Å². The maximum atomic E-state index is 2.41. The van der Waals surface area contributed by atoms with Crippen LogP contribution >= 0.6 is 0 Å². The SMILES string of the molecule is c1ccc(-c2cccc3c2C2=C(C4c5c(c6ccccc6c6cccc(-c7ccccc7)c56)-[c+]5cccccc54)c4ccccc[c+]4C2c2ccccc2-3)cc1. The molecule has 12 rings (SSSR count). The number of benzene rings is 7. The zero-order chi connectivity index (χ0) is 36.7. The van der Waals surface area contributed by atoms with E-state index in [1.807, 2.05) is 0 Å². The highest BCUT2D eigenvalue weighted by atomic mass is 14.5. The van der Waals surface area contributed by atoms with Crippen LogP contribution in [0.1, 0.15) is 45.2 Å². The van der Waals surface area contributed by atoms with Gasteiger partial charge in [0.15, 0.2) is 0 Å². The van der Waals surface area contributed by atoms with E-state index in [2.05, 4.69) is 206 Å². The molecule has 56 heavy (non-hydrogen) atoms. The molecule has 258 valence electrons. The zero-order valence-corrected chi connectivity index (χ0v) is 30.8. The minimum Gasteiger partial charge on any atom is -0.0622 e. The molecule has 3 aliphatic rings. The molecule has 0 nitrogen and oxygen atoms in total. The van der Waals surface area contributed by atoms with Gasteiger partial charge < -0.3 is 0 Å². The molecule has 0 N–H and O–H groups in total. The Bertz CT molecular complexity index is 3110. The lowest BCUT2D eigenvalue weighted by molar-refractivity contribution is 1.06. The molecular formula is C56H36+2. The van der Waals surface area contributed by atoms with Gasteiger partial charge in [-0.2, -0.15) is 0 Å². The Balaban J connectivity index is 1.31. The Morgan fingerprint density at radius 2 is 0.982 bits per heavy atom. The summed E-state index contributed by atoms with van der Waals surface area (Å²) in [5.74, 6) is 0.0682. The van der Waals surface area contributed by atoms with E-state index in [4.69, 9.17) is 0 Å². The number of fused-ring (bicyclic) bond motifs is 16. The highest BCUT2D eigenvalue weighted by Crippen LogP contribution is 2.65. The molecule has 0 saturated heterocycles. The van der Waals surface area contributed by atoms with Gasteiger partial charge in [0.2, 0.25) is 0 Å². The van der Waals surface area contributed by atoms with E-state index in [1.165, 1.54) is 111 Å². The fourth-order valence-electron chi connectivity index (χ4n) is 10.6. The summed E-state index contributed by atoms with van der Waals surface area (Å²) in [6.45, 7) is 0. The van der Waals surface area contributed by atoms with Crippen molar-refractivity contribution in [2.24, 2.45) is 0 Å². The van der Waals surface area contributed by atoms with E-state index in [0.29, 0.717) is 0 Å². The molecule has 0 heterocycles. The summed E-state index contributed by atoms with van der Waals surface area (Å²) < 4.78 is 0. The Morgan fingerprint density at radius 3 is 1.82 bits per heavy atom. The molecule has 0 saturated carbocycles. The van der Waals surface area contributed by atoms with Crippen molar-refractivity contribution in [1.29, 1.82) is 0 Å². The van der Waals surface area contributed by atoms with E-state index in [1.54, 1.807) is 0 Å². The van der Waals surface area contributed by atoms with Crippen LogP contribution in [0.2, 0.25) is 0 Å². The predicted octanol–water partition coefficient (Wildman–Crippen LogP) is 14.7. The largest absolute Gasteiger partial charge is 0.112 e. The summed E-state index contributed by atoms with van der Waals surface area (Å²) in [4.78, 5) is 0. The second-order valence-corrected chi connectivity index (χ2v) is 15.4. The summed E-state index contributed by atoms with van der Waals surface area (Å²) >= 11 is 0. The number of allylic oxidation sites excluding steroid dienone is 2. The van der Waals surface area contributed by atoms with Crippen molar-refractivity contribution in [3.63, 3.8) is 0 Å². The van der Waals surface area contributed by atoms with Crippen molar-refractivity contribution in [3.8, 4) is 44.5 Å². The molecular weight excluding hydrogens is 673 g/mol. The van der Waals surface area contributed by atoms with Gasteiger partial charge in [0.25, 0.3) is 0 Å². The zero-order valence-electron chi connectivity index (χ0n) is 30.8. The number of hydrogen-bond acceptors (Lipinski definition) is 0. The average Bonchev–Trinajstić information content (AvgIpc) is 3.46. The molecule has 0 bridgehead atoms. The van der Waals surface area contributed by atoms with E-state index in [-0.39, 0.29) is 11.8 Å². The summed E-state index contributed by atoms with van der Waals surface area (Å²) in [5, 5.41) is 5.27. The van der Waals surface area contributed by atoms with E-state index in [9.17, 15) is 0 Å². The van der Waals surface area contributed by atoms with Crippen LogP contribution in [0, 0.1) is 0 Å². The maximum Gasteiger partial charge on any atom is 0.112 e. The van der Waals surface area contributed by atoms with Gasteiger partial charge in [0, 0.05) is 51.6 Å². The molecule has 0 heteroatoms. The molecule has 3 aliphatic carbocycles. The van der Waals surface area contributed by atoms with Gasteiger partial charge >= 0.3 is 0 Å². The normalized spacial score (nSPS) is 15.8. The van der Waals surface area contributed by atoms with Crippen LogP contribution in [0.15, 0.2) is 206 Å². The molecule has 0 radical (unpaired) electrons. The van der Waals surface area contributed by atoms with Crippen LogP contribution < -0.4 is 0 Å². The average molecular weight is 709 g/mol. The van der Waals surface area contributed by atoms with Crippen molar-refractivity contribution >= 4 is 32.7 Å². The lowest BCUT2D eigenvalue weighted by Crippen LogP contribution is -2.11. The quantitative estimate of drug-likeness (QED) is 0.127. The second-order valence-electron chi connectivity index (χ2n) is 15.4. The fraction of sp³-hybridized carbons (Fsp3) is 0.0357. The Morgan fingerprint density at radius 1 is 0.393 bits per heavy atom. The number of hydrogen-bond donors (Lipinski definition) is 0. The third kappa shape index (κ3) is 4.36. The third-order valence-corrected chi connectivity index (χ3v) is 12.6. The summed E-state index contributed by atoms with van der Waals surface area (Å²) in [7, 11) is 0. The van der Waals surface area contributed by atoms with Crippen LogP contribution in [0.3, 0.4) is 0 Å². The molecule has 0 amide bonds. The highest BCUT2D eigenvalue weighted by Gasteiger charge is 2.51. The van der Waals surface area contributed by atoms with Crippen molar-refractivity contribution in [1.82, 2.24) is 0 Å². The van der Waals surface area contributed by atoms with Crippen molar-refractivity contribution in [3.05, 3.63) is 240 Å². The summed E-state index contributed by atoms with van der Waals surface area (Å²) in [6, 6.07) is 77.2. The lowest BCUT2D eigenvalue weighted by atomic mass is 9.71. The molecule has 0 spiro atoms. The summed E-state index contributed by atoms with van der Waals surface area (Å²) in [6.07, 6.45) is 0. The van der Waals surface area contributed by atoms with Gasteiger partial charge in [-0.05, 0) is 87.5 Å². The number of rotatable bonds is 3. The van der Waals surface area contributed by atoms with Crippen molar-refractivity contribution in [2.45, 2.75) is 11.8 Å². The van der Waals surface area contributed by atoms with Crippen LogP contribution in [-0.2, 0) is 0 Å². The van der Waals surface area contributed by atoms with E-state index in [0.717, 1.165) is 0 Å². The minimum atomic E-state index is -0.0209. The van der Waals surface area contributed by atoms with Gasteiger partial charge in [-0.1, -0.05) is 133 Å². The maximum absolute atomic E-state index is 2.41. The van der Waals surface area contributed by atoms with Crippen LogP contribution in [0.4, 0.5) is 0 Å².